The van der Waals surface area contributed by atoms with Gasteiger partial charge in [-0.05, 0) is 32.1 Å². The summed E-state index contributed by atoms with van der Waals surface area (Å²) in [6.07, 6.45) is 6.14. The van der Waals surface area contributed by atoms with E-state index >= 15 is 0 Å². The van der Waals surface area contributed by atoms with E-state index in [2.05, 4.69) is 0 Å². The molecule has 2 unspecified atom stereocenters. The fourth-order valence-electron chi connectivity index (χ4n) is 4.23. The molecule has 3 fully saturated rings. The smallest absolute Gasteiger partial charge is 0.223 e. The molecule has 1 radical (unpaired) electrons. The zero-order chi connectivity index (χ0) is 15.7. The Labute approximate surface area is 130 Å². The molecule has 2 heterocycles. The molecule has 1 saturated carbocycles. The predicted molar refractivity (Wildman–Crippen MR) is 78.5 cm³/mol. The van der Waals surface area contributed by atoms with E-state index in [9.17, 15) is 14.4 Å². The van der Waals surface area contributed by atoms with Gasteiger partial charge in [-0.25, -0.2) is 0 Å². The first-order valence-corrected chi connectivity index (χ1v) is 8.09. The summed E-state index contributed by atoms with van der Waals surface area (Å²) in [5.74, 6) is -0.296. The summed E-state index contributed by atoms with van der Waals surface area (Å²) < 4.78 is 5.52. The topological polar surface area (TPSA) is 89.7 Å². The van der Waals surface area contributed by atoms with Crippen molar-refractivity contribution in [1.29, 1.82) is 0 Å². The van der Waals surface area contributed by atoms with E-state index < -0.39 is 5.41 Å². The van der Waals surface area contributed by atoms with Gasteiger partial charge in [0, 0.05) is 6.54 Å². The number of amides is 1. The highest BCUT2D eigenvalue weighted by molar-refractivity contribution is 5.89. The Bertz CT molecular complexity index is 473. The fourth-order valence-corrected chi connectivity index (χ4v) is 4.23. The van der Waals surface area contributed by atoms with Crippen molar-refractivity contribution < 1.29 is 19.1 Å². The number of carbonyl (C=O) groups excluding carboxylic acids is 3. The zero-order valence-electron chi connectivity index (χ0n) is 12.8. The highest BCUT2D eigenvalue weighted by atomic mass is 16.5. The van der Waals surface area contributed by atoms with Crippen molar-refractivity contribution in [3.8, 4) is 0 Å². The highest BCUT2D eigenvalue weighted by Crippen LogP contribution is 2.45. The average molecular weight is 307 g/mol. The van der Waals surface area contributed by atoms with Crippen molar-refractivity contribution in [2.75, 3.05) is 13.2 Å². The lowest BCUT2D eigenvalue weighted by molar-refractivity contribution is -0.128. The third kappa shape index (κ3) is 2.58. The molecule has 2 saturated heterocycles. The highest BCUT2D eigenvalue weighted by Gasteiger charge is 2.48. The van der Waals surface area contributed by atoms with Crippen LogP contribution in [0.1, 0.15) is 44.9 Å². The molecule has 3 rings (SSSR count). The lowest BCUT2D eigenvalue weighted by atomic mass is 9.78. The van der Waals surface area contributed by atoms with Crippen LogP contribution in [0.3, 0.4) is 0 Å². The number of primary amides is 1. The van der Waals surface area contributed by atoms with Crippen LogP contribution < -0.4 is 5.73 Å². The second kappa shape index (κ2) is 6.08. The molecule has 1 amide bonds. The minimum absolute atomic E-state index is 0.0311. The van der Waals surface area contributed by atoms with Gasteiger partial charge >= 0.3 is 0 Å². The maximum absolute atomic E-state index is 12.1. The lowest BCUT2D eigenvalue weighted by Crippen LogP contribution is -2.52. The van der Waals surface area contributed by atoms with Crippen LogP contribution in [0, 0.1) is 11.5 Å². The number of nitrogens with two attached hydrogens (primary N) is 1. The maximum Gasteiger partial charge on any atom is 0.223 e. The molecule has 3 aliphatic rings. The van der Waals surface area contributed by atoms with Gasteiger partial charge in [0.2, 0.25) is 5.91 Å². The Morgan fingerprint density at radius 1 is 1.36 bits per heavy atom. The molecule has 0 aromatic carbocycles. The van der Waals surface area contributed by atoms with Crippen LogP contribution in [-0.4, -0.2) is 48.2 Å². The molecule has 22 heavy (non-hydrogen) atoms. The summed E-state index contributed by atoms with van der Waals surface area (Å²) in [6.45, 7) is 0.790. The normalized spacial score (nSPS) is 31.4. The molecule has 2 N–H and O–H groups in total. The van der Waals surface area contributed by atoms with E-state index in [1.807, 2.05) is 4.90 Å². The van der Waals surface area contributed by atoms with Crippen LogP contribution in [0.15, 0.2) is 0 Å². The summed E-state index contributed by atoms with van der Waals surface area (Å²) in [7, 11) is 0. The minimum Gasteiger partial charge on any atom is -0.369 e. The zero-order valence-corrected chi connectivity index (χ0v) is 12.8. The van der Waals surface area contributed by atoms with Gasteiger partial charge in [0.15, 0.2) is 5.78 Å². The third-order valence-electron chi connectivity index (χ3n) is 5.45. The van der Waals surface area contributed by atoms with Crippen LogP contribution in [0.2, 0.25) is 0 Å². The SMILES string of the molecule is NC(=O)C1(C[C](C=O)N2CCCC3OCC(=O)C32)CCCC1. The Morgan fingerprint density at radius 2 is 2.09 bits per heavy atom. The number of carbonyl (C=O) groups is 3. The monoisotopic (exact) mass is 307 g/mol. The first kappa shape index (κ1) is 15.6. The first-order valence-electron chi connectivity index (χ1n) is 8.09. The molecular formula is C16H23N2O4. The summed E-state index contributed by atoms with van der Waals surface area (Å²) in [4.78, 5) is 37.6. The summed E-state index contributed by atoms with van der Waals surface area (Å²) in [6, 6.07) is 0.175. The van der Waals surface area contributed by atoms with E-state index in [1.54, 1.807) is 0 Å². The maximum atomic E-state index is 12.1. The van der Waals surface area contributed by atoms with E-state index in [1.165, 1.54) is 0 Å². The number of ketones is 1. The molecule has 0 aromatic rings. The van der Waals surface area contributed by atoms with Gasteiger partial charge in [0.25, 0.3) is 0 Å². The van der Waals surface area contributed by atoms with Crippen LogP contribution in [0.5, 0.6) is 0 Å². The Balaban J connectivity index is 1.79. The summed E-state index contributed by atoms with van der Waals surface area (Å²) in [5.41, 5.74) is 5.00. The number of ether oxygens (including phenoxy) is 1. The second-order valence-electron chi connectivity index (χ2n) is 6.73. The number of hydrogen-bond donors (Lipinski definition) is 1. The summed E-state index contributed by atoms with van der Waals surface area (Å²) >= 11 is 0. The Kier molecular flexibility index (Phi) is 4.32. The van der Waals surface area contributed by atoms with E-state index in [4.69, 9.17) is 10.5 Å². The van der Waals surface area contributed by atoms with Crippen molar-refractivity contribution in [1.82, 2.24) is 4.90 Å². The van der Waals surface area contributed by atoms with Crippen LogP contribution in [0.4, 0.5) is 0 Å². The molecule has 0 aromatic heterocycles. The van der Waals surface area contributed by atoms with E-state index in [-0.39, 0.29) is 30.4 Å². The number of fused-ring (bicyclic) bond motifs is 1. The molecule has 0 bridgehead atoms. The van der Waals surface area contributed by atoms with Crippen molar-refractivity contribution in [2.45, 2.75) is 57.1 Å². The minimum atomic E-state index is -0.619. The molecular weight excluding hydrogens is 284 g/mol. The van der Waals surface area contributed by atoms with Gasteiger partial charge in [-0.1, -0.05) is 12.8 Å². The van der Waals surface area contributed by atoms with Gasteiger partial charge in [-0.3, -0.25) is 14.5 Å². The molecule has 2 atom stereocenters. The molecule has 6 heteroatoms. The van der Waals surface area contributed by atoms with Gasteiger partial charge in [0.1, 0.15) is 18.9 Å². The van der Waals surface area contributed by atoms with Crippen molar-refractivity contribution in [3.63, 3.8) is 0 Å². The number of rotatable bonds is 5. The number of likely N-dealkylation sites (tertiary alicyclic amines) is 1. The van der Waals surface area contributed by atoms with Crippen molar-refractivity contribution in [2.24, 2.45) is 11.1 Å². The quantitative estimate of drug-likeness (QED) is 0.751. The Morgan fingerprint density at radius 3 is 2.73 bits per heavy atom. The number of Topliss-reactive ketones (excluding diaryl/α,β-unsaturated/α-hetero) is 1. The number of nitrogens with zero attached hydrogens (tertiary/aromatic N) is 1. The largest absolute Gasteiger partial charge is 0.369 e. The second-order valence-corrected chi connectivity index (χ2v) is 6.73. The molecule has 1 aliphatic carbocycles. The first-order chi connectivity index (χ1) is 10.6. The Hall–Kier alpha value is -1.27. The summed E-state index contributed by atoms with van der Waals surface area (Å²) in [5, 5.41) is 0. The van der Waals surface area contributed by atoms with Crippen molar-refractivity contribution in [3.05, 3.63) is 6.04 Å². The van der Waals surface area contributed by atoms with Gasteiger partial charge in [-0.15, -0.1) is 0 Å². The standard InChI is InChI=1S/C16H23N2O4/c17-15(21)16(5-1-2-6-16)8-11(9-19)18-7-3-4-13-14(18)12(20)10-22-13/h9,13-14H,1-8,10H2,(H2,17,21). The molecule has 0 spiro atoms. The van der Waals surface area contributed by atoms with Gasteiger partial charge in [0.05, 0.1) is 17.6 Å². The van der Waals surface area contributed by atoms with Crippen LogP contribution >= 0.6 is 0 Å². The number of hydrogen-bond acceptors (Lipinski definition) is 5. The van der Waals surface area contributed by atoms with Gasteiger partial charge in [-0.2, -0.15) is 0 Å². The van der Waals surface area contributed by atoms with Crippen LogP contribution in [0.25, 0.3) is 0 Å². The van der Waals surface area contributed by atoms with E-state index in [0.717, 1.165) is 44.8 Å². The van der Waals surface area contributed by atoms with Crippen LogP contribution in [-0.2, 0) is 19.1 Å². The number of piperidine rings is 1. The lowest BCUT2D eigenvalue weighted by Gasteiger charge is -2.40. The average Bonchev–Trinajstić information content (AvgIpc) is 3.13. The van der Waals surface area contributed by atoms with E-state index in [0.29, 0.717) is 19.0 Å². The van der Waals surface area contributed by atoms with Crippen molar-refractivity contribution >= 4 is 18.0 Å². The molecule has 6 nitrogen and oxygen atoms in total. The number of aldehydes is 1. The van der Waals surface area contributed by atoms with Gasteiger partial charge < -0.3 is 15.3 Å². The third-order valence-corrected chi connectivity index (χ3v) is 5.45. The molecule has 2 aliphatic heterocycles. The fraction of sp³-hybridized carbons (Fsp3) is 0.750. The molecule has 121 valence electrons. The predicted octanol–water partition coefficient (Wildman–Crippen LogP) is 0.585.